The largest absolute Gasteiger partial charge is 0.435 e. The summed E-state index contributed by atoms with van der Waals surface area (Å²) in [6.45, 7) is 2.36. The summed E-state index contributed by atoms with van der Waals surface area (Å²) in [6.07, 6.45) is 0.137. The standard InChI is InChI=1S/C15H18F3N5O2/c1-2-25-9-22-7-11(6-19-22)20-14(24)8-23-12(10-3-4-10)5-13(21-23)15(16,17)18/h5-7,10H,2-4,8-9H2,1H3,(H,20,24). The summed E-state index contributed by atoms with van der Waals surface area (Å²) in [5, 5.41) is 10.2. The van der Waals surface area contributed by atoms with E-state index in [1.807, 2.05) is 6.92 Å². The van der Waals surface area contributed by atoms with E-state index in [0.717, 1.165) is 23.6 Å². The van der Waals surface area contributed by atoms with Crippen molar-refractivity contribution >= 4 is 11.6 Å². The SMILES string of the molecule is CCOCn1cc(NC(=O)Cn2nc(C(F)(F)F)cc2C2CC2)cn1. The normalized spacial score (nSPS) is 14.7. The Balaban J connectivity index is 1.66. The molecule has 0 spiro atoms. The van der Waals surface area contributed by atoms with Gasteiger partial charge in [0.2, 0.25) is 5.91 Å². The minimum Gasteiger partial charge on any atom is -0.360 e. The zero-order chi connectivity index (χ0) is 18.0. The van der Waals surface area contributed by atoms with Crippen molar-refractivity contribution in [2.45, 2.75) is 45.1 Å². The van der Waals surface area contributed by atoms with Crippen LogP contribution >= 0.6 is 0 Å². The second-order valence-electron chi connectivity index (χ2n) is 5.82. The predicted molar refractivity (Wildman–Crippen MR) is 81.7 cm³/mol. The lowest BCUT2D eigenvalue weighted by Gasteiger charge is -2.07. The summed E-state index contributed by atoms with van der Waals surface area (Å²) in [6, 6.07) is 1.03. The summed E-state index contributed by atoms with van der Waals surface area (Å²) < 4.78 is 46.4. The maximum Gasteiger partial charge on any atom is 0.435 e. The van der Waals surface area contributed by atoms with Crippen LogP contribution in [0.15, 0.2) is 18.5 Å². The molecule has 2 heterocycles. The van der Waals surface area contributed by atoms with Gasteiger partial charge in [0.05, 0.1) is 18.1 Å². The number of halogens is 3. The van der Waals surface area contributed by atoms with E-state index in [4.69, 9.17) is 4.74 Å². The Morgan fingerprint density at radius 3 is 2.84 bits per heavy atom. The number of rotatable bonds is 7. The van der Waals surface area contributed by atoms with Crippen molar-refractivity contribution in [1.82, 2.24) is 19.6 Å². The molecule has 1 N–H and O–H groups in total. The molecule has 2 aromatic heterocycles. The summed E-state index contributed by atoms with van der Waals surface area (Å²) in [5.74, 6) is -0.417. The van der Waals surface area contributed by atoms with Gasteiger partial charge in [-0.05, 0) is 25.8 Å². The molecule has 0 atom stereocenters. The molecule has 1 aliphatic carbocycles. The van der Waals surface area contributed by atoms with Crippen LogP contribution in [0.1, 0.15) is 37.1 Å². The molecular formula is C15H18F3N5O2. The van der Waals surface area contributed by atoms with Crippen molar-refractivity contribution in [3.8, 4) is 0 Å². The van der Waals surface area contributed by atoms with Gasteiger partial charge >= 0.3 is 6.18 Å². The van der Waals surface area contributed by atoms with Crippen LogP contribution in [0.25, 0.3) is 0 Å². The fraction of sp³-hybridized carbons (Fsp3) is 0.533. The summed E-state index contributed by atoms with van der Waals surface area (Å²) in [5.41, 5.74) is -0.0675. The summed E-state index contributed by atoms with van der Waals surface area (Å²) in [7, 11) is 0. The maximum atomic E-state index is 12.9. The molecule has 0 aromatic carbocycles. The Bertz CT molecular complexity index is 749. The van der Waals surface area contributed by atoms with Crippen LogP contribution in [0.3, 0.4) is 0 Å². The highest BCUT2D eigenvalue weighted by atomic mass is 19.4. The number of nitrogens with one attached hydrogen (secondary N) is 1. The predicted octanol–water partition coefficient (Wildman–Crippen LogP) is 2.61. The first-order valence-corrected chi connectivity index (χ1v) is 7.92. The Morgan fingerprint density at radius 2 is 2.20 bits per heavy atom. The van der Waals surface area contributed by atoms with E-state index < -0.39 is 17.8 Å². The third-order valence-electron chi connectivity index (χ3n) is 3.74. The highest BCUT2D eigenvalue weighted by Crippen LogP contribution is 2.42. The second-order valence-corrected chi connectivity index (χ2v) is 5.82. The third-order valence-corrected chi connectivity index (χ3v) is 3.74. The van der Waals surface area contributed by atoms with E-state index in [1.165, 1.54) is 10.9 Å². The number of nitrogens with zero attached hydrogens (tertiary/aromatic N) is 4. The lowest BCUT2D eigenvalue weighted by atomic mass is 10.2. The number of carbonyl (C=O) groups excluding carboxylic acids is 1. The van der Waals surface area contributed by atoms with Crippen molar-refractivity contribution in [2.24, 2.45) is 0 Å². The minimum atomic E-state index is -4.52. The van der Waals surface area contributed by atoms with Crippen LogP contribution in [0, 0.1) is 0 Å². The van der Waals surface area contributed by atoms with E-state index in [1.54, 1.807) is 6.20 Å². The van der Waals surface area contributed by atoms with Gasteiger partial charge < -0.3 is 10.1 Å². The Morgan fingerprint density at radius 1 is 1.44 bits per heavy atom. The fourth-order valence-corrected chi connectivity index (χ4v) is 2.42. The molecule has 136 valence electrons. The smallest absolute Gasteiger partial charge is 0.360 e. The molecular weight excluding hydrogens is 339 g/mol. The Labute approximate surface area is 141 Å². The van der Waals surface area contributed by atoms with Gasteiger partial charge in [-0.25, -0.2) is 4.68 Å². The molecule has 0 radical (unpaired) electrons. The maximum absolute atomic E-state index is 12.9. The quantitative estimate of drug-likeness (QED) is 0.827. The number of alkyl halides is 3. The first-order valence-electron chi connectivity index (χ1n) is 7.92. The molecule has 0 bridgehead atoms. The molecule has 1 aliphatic rings. The number of aromatic nitrogens is 4. The van der Waals surface area contributed by atoms with Crippen LogP contribution in [0.2, 0.25) is 0 Å². The number of ether oxygens (including phenoxy) is 1. The van der Waals surface area contributed by atoms with Crippen molar-refractivity contribution in [3.63, 3.8) is 0 Å². The lowest BCUT2D eigenvalue weighted by Crippen LogP contribution is -2.21. The van der Waals surface area contributed by atoms with Gasteiger partial charge in [0.1, 0.15) is 13.3 Å². The van der Waals surface area contributed by atoms with Crippen LogP contribution in [-0.4, -0.2) is 32.1 Å². The van der Waals surface area contributed by atoms with Crippen molar-refractivity contribution in [1.29, 1.82) is 0 Å². The summed E-state index contributed by atoms with van der Waals surface area (Å²) >= 11 is 0. The van der Waals surface area contributed by atoms with Gasteiger partial charge in [-0.2, -0.15) is 23.4 Å². The second kappa shape index (κ2) is 6.87. The van der Waals surface area contributed by atoms with Crippen LogP contribution in [-0.2, 0) is 29.0 Å². The minimum absolute atomic E-state index is 0.0466. The molecule has 0 saturated heterocycles. The van der Waals surface area contributed by atoms with Gasteiger partial charge in [-0.3, -0.25) is 9.48 Å². The van der Waals surface area contributed by atoms with Gasteiger partial charge in [0.25, 0.3) is 0 Å². The monoisotopic (exact) mass is 357 g/mol. The van der Waals surface area contributed by atoms with E-state index in [0.29, 0.717) is 18.0 Å². The average Bonchev–Trinajstić information content (AvgIpc) is 3.13. The highest BCUT2D eigenvalue weighted by molar-refractivity contribution is 5.90. The molecule has 0 unspecified atom stereocenters. The van der Waals surface area contributed by atoms with Crippen LogP contribution in [0.4, 0.5) is 18.9 Å². The lowest BCUT2D eigenvalue weighted by molar-refractivity contribution is -0.141. The zero-order valence-electron chi connectivity index (χ0n) is 13.6. The molecule has 2 aromatic rings. The van der Waals surface area contributed by atoms with Gasteiger partial charge in [0, 0.05) is 18.2 Å². The fourth-order valence-electron chi connectivity index (χ4n) is 2.42. The molecule has 7 nitrogen and oxygen atoms in total. The molecule has 1 fully saturated rings. The average molecular weight is 357 g/mol. The number of amides is 1. The topological polar surface area (TPSA) is 74.0 Å². The first kappa shape index (κ1) is 17.5. The Hall–Kier alpha value is -2.36. The number of carbonyl (C=O) groups is 1. The van der Waals surface area contributed by atoms with Crippen LogP contribution < -0.4 is 5.32 Å². The third kappa shape index (κ3) is 4.38. The number of anilines is 1. The molecule has 25 heavy (non-hydrogen) atoms. The number of hydrogen-bond donors (Lipinski definition) is 1. The molecule has 1 saturated carbocycles. The first-order chi connectivity index (χ1) is 11.9. The van der Waals surface area contributed by atoms with Crippen molar-refractivity contribution in [2.75, 3.05) is 11.9 Å². The van der Waals surface area contributed by atoms with Gasteiger partial charge in [0.15, 0.2) is 5.69 Å². The van der Waals surface area contributed by atoms with Crippen molar-refractivity contribution in [3.05, 3.63) is 29.8 Å². The van der Waals surface area contributed by atoms with Gasteiger partial charge in [-0.15, -0.1) is 0 Å². The molecule has 10 heteroatoms. The van der Waals surface area contributed by atoms with Crippen molar-refractivity contribution < 1.29 is 22.7 Å². The molecule has 1 amide bonds. The Kier molecular flexibility index (Phi) is 4.80. The van der Waals surface area contributed by atoms with E-state index in [9.17, 15) is 18.0 Å². The van der Waals surface area contributed by atoms with E-state index in [2.05, 4.69) is 15.5 Å². The van der Waals surface area contributed by atoms with E-state index >= 15 is 0 Å². The molecule has 0 aliphatic heterocycles. The van der Waals surface area contributed by atoms with Crippen LogP contribution in [0.5, 0.6) is 0 Å². The molecule has 3 rings (SSSR count). The highest BCUT2D eigenvalue weighted by Gasteiger charge is 2.38. The van der Waals surface area contributed by atoms with E-state index in [-0.39, 0.29) is 19.2 Å². The zero-order valence-corrected chi connectivity index (χ0v) is 13.6. The summed E-state index contributed by atoms with van der Waals surface area (Å²) in [4.78, 5) is 12.1. The van der Waals surface area contributed by atoms with Gasteiger partial charge in [-0.1, -0.05) is 0 Å². The number of hydrogen-bond acceptors (Lipinski definition) is 4.